The van der Waals surface area contributed by atoms with E-state index in [-0.39, 0.29) is 17.3 Å². The summed E-state index contributed by atoms with van der Waals surface area (Å²) >= 11 is 6.22. The van der Waals surface area contributed by atoms with Crippen molar-refractivity contribution in [1.29, 1.82) is 0 Å². The molecule has 0 heterocycles. The number of hydrogen-bond acceptors (Lipinski definition) is 4. The molecule has 0 aliphatic heterocycles. The number of primary amides is 1. The summed E-state index contributed by atoms with van der Waals surface area (Å²) in [5.74, 6) is -0.370. The van der Waals surface area contributed by atoms with Gasteiger partial charge in [0.25, 0.3) is 15.0 Å². The molecule has 17 heavy (non-hydrogen) atoms. The minimum Gasteiger partial charge on any atom is -0.481 e. The summed E-state index contributed by atoms with van der Waals surface area (Å²) in [4.78, 5) is 10.5. The number of rotatable bonds is 4. The standard InChI is InChI=1S/C8H6Br2ClNO4S/c9-5-1-4(17(11,14)15)2-6(10)8(5)16-3-7(12)13/h1-2H,3H2,(H2,12,13). The summed E-state index contributed by atoms with van der Waals surface area (Å²) in [5, 5.41) is 0. The zero-order chi connectivity index (χ0) is 13.2. The van der Waals surface area contributed by atoms with Gasteiger partial charge in [-0.05, 0) is 44.0 Å². The second kappa shape index (κ2) is 5.55. The monoisotopic (exact) mass is 405 g/mol. The van der Waals surface area contributed by atoms with Gasteiger partial charge in [0, 0.05) is 10.7 Å². The van der Waals surface area contributed by atoms with Crippen molar-refractivity contribution in [3.63, 3.8) is 0 Å². The third-order valence-corrected chi connectivity index (χ3v) is 4.12. The van der Waals surface area contributed by atoms with Crippen LogP contribution in [0.5, 0.6) is 5.75 Å². The Morgan fingerprint density at radius 2 is 1.82 bits per heavy atom. The lowest BCUT2D eigenvalue weighted by Crippen LogP contribution is -2.20. The quantitative estimate of drug-likeness (QED) is 0.774. The number of nitrogens with two attached hydrogens (primary N) is 1. The highest BCUT2D eigenvalue weighted by Gasteiger charge is 2.16. The molecule has 0 saturated carbocycles. The first-order chi connectivity index (χ1) is 7.71. The van der Waals surface area contributed by atoms with Gasteiger partial charge in [-0.15, -0.1) is 0 Å². The van der Waals surface area contributed by atoms with E-state index in [1.807, 2.05) is 0 Å². The molecule has 9 heteroatoms. The number of benzene rings is 1. The molecule has 1 aromatic carbocycles. The molecule has 0 aliphatic carbocycles. The van der Waals surface area contributed by atoms with E-state index in [0.29, 0.717) is 8.95 Å². The maximum atomic E-state index is 11.1. The van der Waals surface area contributed by atoms with Crippen LogP contribution in [0.3, 0.4) is 0 Å². The van der Waals surface area contributed by atoms with Crippen LogP contribution in [0.15, 0.2) is 26.0 Å². The van der Waals surface area contributed by atoms with Crippen molar-refractivity contribution in [3.8, 4) is 5.75 Å². The van der Waals surface area contributed by atoms with Crippen LogP contribution in [0.1, 0.15) is 0 Å². The van der Waals surface area contributed by atoms with E-state index in [1.54, 1.807) is 0 Å². The zero-order valence-electron chi connectivity index (χ0n) is 8.11. The SMILES string of the molecule is NC(=O)COc1c(Br)cc(S(=O)(=O)Cl)cc1Br. The fraction of sp³-hybridized carbons (Fsp3) is 0.125. The zero-order valence-corrected chi connectivity index (χ0v) is 12.9. The summed E-state index contributed by atoms with van der Waals surface area (Å²) in [6, 6.07) is 2.53. The van der Waals surface area contributed by atoms with Crippen LogP contribution in [0.2, 0.25) is 0 Å². The Morgan fingerprint density at radius 1 is 1.35 bits per heavy atom. The number of hydrogen-bond donors (Lipinski definition) is 1. The van der Waals surface area contributed by atoms with Crippen LogP contribution in [0, 0.1) is 0 Å². The number of ether oxygens (including phenoxy) is 1. The van der Waals surface area contributed by atoms with Gasteiger partial charge in [0.05, 0.1) is 13.8 Å². The predicted octanol–water partition coefficient (Wildman–Crippen LogP) is 2.00. The van der Waals surface area contributed by atoms with E-state index < -0.39 is 15.0 Å². The normalized spacial score (nSPS) is 11.2. The molecule has 0 saturated heterocycles. The van der Waals surface area contributed by atoms with Gasteiger partial charge in [0.15, 0.2) is 6.61 Å². The van der Waals surface area contributed by atoms with Gasteiger partial charge in [0.1, 0.15) is 5.75 Å². The van der Waals surface area contributed by atoms with Crippen molar-refractivity contribution in [1.82, 2.24) is 0 Å². The molecule has 0 unspecified atom stereocenters. The van der Waals surface area contributed by atoms with Crippen molar-refractivity contribution in [3.05, 3.63) is 21.1 Å². The lowest BCUT2D eigenvalue weighted by molar-refractivity contribution is -0.119. The Hall–Kier alpha value is -0.310. The minimum absolute atomic E-state index is 0.0932. The smallest absolute Gasteiger partial charge is 0.261 e. The second-order valence-corrected chi connectivity index (χ2v) is 7.18. The van der Waals surface area contributed by atoms with E-state index in [4.69, 9.17) is 21.2 Å². The average molecular weight is 407 g/mol. The van der Waals surface area contributed by atoms with E-state index in [2.05, 4.69) is 31.9 Å². The summed E-state index contributed by atoms with van der Waals surface area (Å²) in [6.07, 6.45) is 0. The van der Waals surface area contributed by atoms with Gasteiger partial charge in [-0.25, -0.2) is 8.42 Å². The van der Waals surface area contributed by atoms with E-state index in [0.717, 1.165) is 0 Å². The molecule has 1 rings (SSSR count). The molecule has 0 aliphatic rings. The lowest BCUT2D eigenvalue weighted by atomic mass is 10.3. The molecular weight excluding hydrogens is 401 g/mol. The van der Waals surface area contributed by atoms with Crippen molar-refractivity contribution in [2.45, 2.75) is 4.90 Å². The van der Waals surface area contributed by atoms with Crippen molar-refractivity contribution >= 4 is 57.5 Å². The average Bonchev–Trinajstić information content (AvgIpc) is 2.14. The van der Waals surface area contributed by atoms with E-state index >= 15 is 0 Å². The summed E-state index contributed by atoms with van der Waals surface area (Å²) in [7, 11) is 1.37. The predicted molar refractivity (Wildman–Crippen MR) is 69.6 cm³/mol. The van der Waals surface area contributed by atoms with Crippen molar-refractivity contribution in [2.24, 2.45) is 5.73 Å². The Morgan fingerprint density at radius 3 is 2.18 bits per heavy atom. The molecule has 94 valence electrons. The third-order valence-electron chi connectivity index (χ3n) is 1.61. The maximum Gasteiger partial charge on any atom is 0.261 e. The third kappa shape index (κ3) is 4.13. The Balaban J connectivity index is 3.15. The molecular formula is C8H6Br2ClNO4S. The van der Waals surface area contributed by atoms with E-state index in [1.165, 1.54) is 12.1 Å². The van der Waals surface area contributed by atoms with Crippen molar-refractivity contribution < 1.29 is 17.9 Å². The molecule has 0 atom stereocenters. The highest BCUT2D eigenvalue weighted by molar-refractivity contribution is 9.11. The Labute approximate surface area is 119 Å². The summed E-state index contributed by atoms with van der Waals surface area (Å²) in [6.45, 7) is -0.315. The molecule has 0 fully saturated rings. The Kier molecular flexibility index (Phi) is 4.82. The van der Waals surface area contributed by atoms with Crippen LogP contribution in [0.4, 0.5) is 0 Å². The molecule has 5 nitrogen and oxygen atoms in total. The first-order valence-electron chi connectivity index (χ1n) is 4.06. The van der Waals surface area contributed by atoms with Gasteiger partial charge in [0.2, 0.25) is 0 Å². The van der Waals surface area contributed by atoms with Crippen LogP contribution in [0.25, 0.3) is 0 Å². The van der Waals surface area contributed by atoms with E-state index in [9.17, 15) is 13.2 Å². The summed E-state index contributed by atoms with van der Waals surface area (Å²) < 4.78 is 28.0. The highest BCUT2D eigenvalue weighted by Crippen LogP contribution is 2.36. The summed E-state index contributed by atoms with van der Waals surface area (Å²) in [5.41, 5.74) is 4.93. The highest BCUT2D eigenvalue weighted by atomic mass is 79.9. The Bertz CT molecular complexity index is 538. The van der Waals surface area contributed by atoms with Gasteiger partial charge in [-0.2, -0.15) is 0 Å². The fourth-order valence-electron chi connectivity index (χ4n) is 0.959. The van der Waals surface area contributed by atoms with Gasteiger partial charge in [-0.3, -0.25) is 4.79 Å². The molecule has 1 amide bonds. The largest absolute Gasteiger partial charge is 0.481 e. The molecule has 2 N–H and O–H groups in total. The topological polar surface area (TPSA) is 86.5 Å². The number of carbonyl (C=O) groups excluding carboxylic acids is 1. The van der Waals surface area contributed by atoms with Crippen LogP contribution in [-0.4, -0.2) is 20.9 Å². The minimum atomic E-state index is -3.83. The maximum absolute atomic E-state index is 11.1. The van der Waals surface area contributed by atoms with Gasteiger partial charge >= 0.3 is 0 Å². The molecule has 1 aromatic rings. The van der Waals surface area contributed by atoms with Crippen LogP contribution >= 0.6 is 42.5 Å². The first-order valence-corrected chi connectivity index (χ1v) is 7.96. The molecule has 0 bridgehead atoms. The number of halogens is 3. The molecule has 0 spiro atoms. The molecule has 0 radical (unpaired) electrons. The van der Waals surface area contributed by atoms with Gasteiger partial charge in [-0.1, -0.05) is 0 Å². The van der Waals surface area contributed by atoms with Crippen LogP contribution in [-0.2, 0) is 13.8 Å². The fourth-order valence-corrected chi connectivity index (χ4v) is 3.46. The van der Waals surface area contributed by atoms with Crippen molar-refractivity contribution in [2.75, 3.05) is 6.61 Å². The first kappa shape index (κ1) is 14.7. The number of amides is 1. The van der Waals surface area contributed by atoms with Crippen LogP contribution < -0.4 is 10.5 Å². The lowest BCUT2D eigenvalue weighted by Gasteiger charge is -2.09. The second-order valence-electron chi connectivity index (χ2n) is 2.91. The molecule has 0 aromatic heterocycles. The number of carbonyl (C=O) groups is 1. The van der Waals surface area contributed by atoms with Gasteiger partial charge < -0.3 is 10.5 Å².